The first-order chi connectivity index (χ1) is 8.35. The molecule has 0 N–H and O–H groups in total. The topological polar surface area (TPSA) is 12.5 Å². The molecule has 0 saturated carbocycles. The number of rotatable bonds is 10. The molecule has 1 fully saturated rings. The minimum atomic E-state index is 0.654. The van der Waals surface area contributed by atoms with E-state index in [9.17, 15) is 0 Å². The zero-order chi connectivity index (χ0) is 12.8. The highest BCUT2D eigenvalue weighted by Crippen LogP contribution is 2.17. The second kappa shape index (κ2) is 13.8. The third-order valence-corrected chi connectivity index (χ3v) is 3.04. The molecule has 1 nitrogen and oxygen atoms in total. The Labute approximate surface area is 109 Å². The highest BCUT2D eigenvalue weighted by Gasteiger charge is 2.20. The van der Waals surface area contributed by atoms with Crippen LogP contribution in [0, 0.1) is 0 Å². The van der Waals surface area contributed by atoms with Gasteiger partial charge in [-0.2, -0.15) is 0 Å². The Morgan fingerprint density at radius 2 is 1.59 bits per heavy atom. The molecule has 0 aromatic rings. The van der Waals surface area contributed by atoms with Gasteiger partial charge in [0.25, 0.3) is 0 Å². The highest BCUT2D eigenvalue weighted by molar-refractivity contribution is 4.67. The average molecular weight is 240 g/mol. The SMILES string of the molecule is C=CCCCCCC.CCCCCCC1CO1. The van der Waals surface area contributed by atoms with Gasteiger partial charge in [-0.25, -0.2) is 0 Å². The van der Waals surface area contributed by atoms with Crippen LogP contribution in [-0.4, -0.2) is 12.7 Å². The first kappa shape index (κ1) is 16.7. The summed E-state index contributed by atoms with van der Waals surface area (Å²) in [5, 5.41) is 0. The van der Waals surface area contributed by atoms with Crippen molar-refractivity contribution in [3.8, 4) is 0 Å². The molecule has 102 valence electrons. The molecule has 17 heavy (non-hydrogen) atoms. The van der Waals surface area contributed by atoms with E-state index in [0.29, 0.717) is 6.10 Å². The van der Waals surface area contributed by atoms with Gasteiger partial charge >= 0.3 is 0 Å². The van der Waals surface area contributed by atoms with Crippen molar-refractivity contribution in [1.82, 2.24) is 0 Å². The molecule has 0 aromatic heterocycles. The van der Waals surface area contributed by atoms with Crippen LogP contribution in [0.4, 0.5) is 0 Å². The van der Waals surface area contributed by atoms with Crippen molar-refractivity contribution in [2.75, 3.05) is 6.61 Å². The van der Waals surface area contributed by atoms with E-state index in [0.717, 1.165) is 6.61 Å². The molecule has 1 atom stereocenters. The van der Waals surface area contributed by atoms with E-state index in [2.05, 4.69) is 20.4 Å². The molecule has 0 aromatic carbocycles. The van der Waals surface area contributed by atoms with E-state index >= 15 is 0 Å². The first-order valence-corrected chi connectivity index (χ1v) is 7.57. The predicted octanol–water partition coefficient (Wildman–Crippen LogP) is 5.50. The lowest BCUT2D eigenvalue weighted by Gasteiger charge is -1.93. The Morgan fingerprint density at radius 1 is 1.00 bits per heavy atom. The lowest BCUT2D eigenvalue weighted by molar-refractivity contribution is 0.388. The summed E-state index contributed by atoms with van der Waals surface area (Å²) in [6.45, 7) is 9.17. The van der Waals surface area contributed by atoms with Gasteiger partial charge in [0.05, 0.1) is 12.7 Å². The van der Waals surface area contributed by atoms with Crippen LogP contribution in [0.5, 0.6) is 0 Å². The minimum Gasteiger partial charge on any atom is -0.373 e. The number of unbranched alkanes of at least 4 members (excludes halogenated alkanes) is 7. The summed E-state index contributed by atoms with van der Waals surface area (Å²) in [4.78, 5) is 0. The maximum absolute atomic E-state index is 5.09. The number of hydrogen-bond donors (Lipinski definition) is 0. The summed E-state index contributed by atoms with van der Waals surface area (Å²) in [7, 11) is 0. The van der Waals surface area contributed by atoms with Crippen LogP contribution < -0.4 is 0 Å². The molecule has 0 radical (unpaired) electrons. The summed E-state index contributed by atoms with van der Waals surface area (Å²) in [6.07, 6.45) is 16.1. The van der Waals surface area contributed by atoms with Crippen LogP contribution in [-0.2, 0) is 4.74 Å². The van der Waals surface area contributed by atoms with Crippen LogP contribution in [0.2, 0.25) is 0 Å². The van der Waals surface area contributed by atoms with Gasteiger partial charge in [0, 0.05) is 0 Å². The molecular formula is C16H32O. The van der Waals surface area contributed by atoms with Crippen LogP contribution in [0.15, 0.2) is 12.7 Å². The fourth-order valence-electron chi connectivity index (χ4n) is 1.75. The summed E-state index contributed by atoms with van der Waals surface area (Å²) in [6, 6.07) is 0. The number of hydrogen-bond acceptors (Lipinski definition) is 1. The van der Waals surface area contributed by atoms with Crippen molar-refractivity contribution in [2.45, 2.75) is 84.2 Å². The summed E-state index contributed by atoms with van der Waals surface area (Å²) in [5.41, 5.74) is 0. The van der Waals surface area contributed by atoms with Crippen molar-refractivity contribution in [3.63, 3.8) is 0 Å². The Bertz CT molecular complexity index is 150. The lowest BCUT2D eigenvalue weighted by atomic mass is 10.1. The maximum Gasteiger partial charge on any atom is 0.0810 e. The van der Waals surface area contributed by atoms with Gasteiger partial charge in [-0.15, -0.1) is 6.58 Å². The molecular weight excluding hydrogens is 208 g/mol. The third kappa shape index (κ3) is 15.7. The largest absolute Gasteiger partial charge is 0.373 e. The summed E-state index contributed by atoms with van der Waals surface area (Å²) < 4.78 is 5.09. The predicted molar refractivity (Wildman–Crippen MR) is 77.5 cm³/mol. The smallest absolute Gasteiger partial charge is 0.0810 e. The van der Waals surface area contributed by atoms with Crippen LogP contribution >= 0.6 is 0 Å². The molecule has 1 heteroatoms. The first-order valence-electron chi connectivity index (χ1n) is 7.57. The molecule has 0 spiro atoms. The van der Waals surface area contributed by atoms with Gasteiger partial charge in [0.1, 0.15) is 0 Å². The fourth-order valence-corrected chi connectivity index (χ4v) is 1.75. The van der Waals surface area contributed by atoms with Crippen molar-refractivity contribution in [3.05, 3.63) is 12.7 Å². The van der Waals surface area contributed by atoms with Crippen molar-refractivity contribution >= 4 is 0 Å². The zero-order valence-corrected chi connectivity index (χ0v) is 12.0. The van der Waals surface area contributed by atoms with E-state index in [-0.39, 0.29) is 0 Å². The number of allylic oxidation sites excluding steroid dienone is 1. The molecule has 0 bridgehead atoms. The van der Waals surface area contributed by atoms with E-state index < -0.39 is 0 Å². The Balaban J connectivity index is 0.000000304. The molecule has 1 heterocycles. The Hall–Kier alpha value is -0.300. The van der Waals surface area contributed by atoms with E-state index in [1.807, 2.05) is 6.08 Å². The third-order valence-electron chi connectivity index (χ3n) is 3.04. The van der Waals surface area contributed by atoms with Gasteiger partial charge in [-0.3, -0.25) is 0 Å². The standard InChI is InChI=1S/C8H16O.C8H16/c1-2-3-4-5-6-8-7-9-8;1-3-5-7-8-6-4-2/h8H,2-7H2,1H3;3H,1,4-8H2,2H3. The Kier molecular flexibility index (Phi) is 13.5. The highest BCUT2D eigenvalue weighted by atomic mass is 16.6. The molecule has 1 saturated heterocycles. The fraction of sp³-hybridized carbons (Fsp3) is 0.875. The van der Waals surface area contributed by atoms with Gasteiger partial charge in [-0.1, -0.05) is 64.9 Å². The molecule has 1 aliphatic heterocycles. The van der Waals surface area contributed by atoms with E-state index in [1.165, 1.54) is 64.2 Å². The van der Waals surface area contributed by atoms with E-state index in [4.69, 9.17) is 4.74 Å². The molecule has 1 unspecified atom stereocenters. The van der Waals surface area contributed by atoms with Crippen molar-refractivity contribution < 1.29 is 4.74 Å². The van der Waals surface area contributed by atoms with Gasteiger partial charge in [-0.05, 0) is 19.3 Å². The van der Waals surface area contributed by atoms with Crippen LogP contribution in [0.25, 0.3) is 0 Å². The monoisotopic (exact) mass is 240 g/mol. The van der Waals surface area contributed by atoms with E-state index in [1.54, 1.807) is 0 Å². The maximum atomic E-state index is 5.09. The summed E-state index contributed by atoms with van der Waals surface area (Å²) >= 11 is 0. The molecule has 0 aliphatic carbocycles. The average Bonchev–Trinajstić information content (AvgIpc) is 3.15. The lowest BCUT2D eigenvalue weighted by Crippen LogP contribution is -1.84. The van der Waals surface area contributed by atoms with Gasteiger partial charge in [0.2, 0.25) is 0 Å². The summed E-state index contributed by atoms with van der Waals surface area (Å²) in [5.74, 6) is 0. The number of epoxide rings is 1. The second-order valence-electron chi connectivity index (χ2n) is 4.94. The molecule has 1 rings (SSSR count). The van der Waals surface area contributed by atoms with Gasteiger partial charge in [0.15, 0.2) is 0 Å². The van der Waals surface area contributed by atoms with Crippen molar-refractivity contribution in [1.29, 1.82) is 0 Å². The normalized spacial score (nSPS) is 17.2. The van der Waals surface area contributed by atoms with Crippen molar-refractivity contribution in [2.24, 2.45) is 0 Å². The number of ether oxygens (including phenoxy) is 1. The quantitative estimate of drug-likeness (QED) is 0.279. The molecule has 1 aliphatic rings. The molecule has 0 amide bonds. The second-order valence-corrected chi connectivity index (χ2v) is 4.94. The van der Waals surface area contributed by atoms with Crippen LogP contribution in [0.1, 0.15) is 78.1 Å². The zero-order valence-electron chi connectivity index (χ0n) is 12.0. The van der Waals surface area contributed by atoms with Crippen LogP contribution in [0.3, 0.4) is 0 Å². The minimum absolute atomic E-state index is 0.654. The Morgan fingerprint density at radius 3 is 2.06 bits per heavy atom. The van der Waals surface area contributed by atoms with Gasteiger partial charge < -0.3 is 4.74 Å².